The van der Waals surface area contributed by atoms with Crippen molar-refractivity contribution < 1.29 is 13.6 Å². The normalized spacial score (nSPS) is 11.3. The van der Waals surface area contributed by atoms with Crippen LogP contribution in [-0.2, 0) is 0 Å². The van der Waals surface area contributed by atoms with Crippen LogP contribution in [0.5, 0.6) is 5.75 Å². The summed E-state index contributed by atoms with van der Waals surface area (Å²) >= 11 is 0. The molecule has 0 atom stereocenters. The Morgan fingerprint density at radius 3 is 2.68 bits per heavy atom. The first kappa shape index (κ1) is 16.2. The Morgan fingerprint density at radius 2 is 1.93 bits per heavy atom. The van der Waals surface area contributed by atoms with Gasteiger partial charge in [0.05, 0.1) is 12.0 Å². The summed E-state index contributed by atoms with van der Waals surface area (Å²) in [7, 11) is 0. The molecule has 8 heteroatoms. The van der Waals surface area contributed by atoms with Crippen molar-refractivity contribution in [1.29, 1.82) is 0 Å². The summed E-state index contributed by atoms with van der Waals surface area (Å²) in [6, 6.07) is 14.9. The number of fused-ring (bicyclic) bond motifs is 3. The second-order valence-corrected chi connectivity index (χ2v) is 6.16. The maximum Gasteiger partial charge on any atom is 0.347 e. The zero-order valence-electron chi connectivity index (χ0n) is 14.8. The van der Waals surface area contributed by atoms with E-state index in [0.29, 0.717) is 23.5 Å². The van der Waals surface area contributed by atoms with Gasteiger partial charge in [0.15, 0.2) is 5.82 Å². The van der Waals surface area contributed by atoms with E-state index >= 15 is 0 Å². The van der Waals surface area contributed by atoms with Gasteiger partial charge in [-0.25, -0.2) is 9.89 Å². The number of hydrogen-bond donors (Lipinski definition) is 1. The van der Waals surface area contributed by atoms with Gasteiger partial charge < -0.3 is 13.6 Å². The SMILES string of the molecule is CCOc1ccc(-c2cc3c(ccc4cc(-c5nnn[nH]5)c(=O)oc43)o2)cc1. The van der Waals surface area contributed by atoms with Crippen molar-refractivity contribution in [3.8, 4) is 28.5 Å². The van der Waals surface area contributed by atoms with E-state index in [1.807, 2.05) is 49.4 Å². The van der Waals surface area contributed by atoms with E-state index < -0.39 is 5.63 Å². The molecule has 3 heterocycles. The van der Waals surface area contributed by atoms with Gasteiger partial charge in [-0.05, 0) is 65.9 Å². The third kappa shape index (κ3) is 2.62. The average Bonchev–Trinajstić information content (AvgIpc) is 3.38. The fourth-order valence-electron chi connectivity index (χ4n) is 3.16. The van der Waals surface area contributed by atoms with Crippen molar-refractivity contribution in [1.82, 2.24) is 20.6 Å². The van der Waals surface area contributed by atoms with E-state index in [2.05, 4.69) is 20.6 Å². The number of H-pyrrole nitrogens is 1. The highest BCUT2D eigenvalue weighted by atomic mass is 16.5. The molecule has 0 unspecified atom stereocenters. The molecule has 0 radical (unpaired) electrons. The molecule has 0 amide bonds. The van der Waals surface area contributed by atoms with E-state index in [0.717, 1.165) is 22.1 Å². The molecule has 0 fully saturated rings. The summed E-state index contributed by atoms with van der Waals surface area (Å²) in [5.74, 6) is 1.74. The first-order chi connectivity index (χ1) is 13.7. The zero-order chi connectivity index (χ0) is 19.1. The number of benzene rings is 2. The lowest BCUT2D eigenvalue weighted by Gasteiger charge is -2.02. The molecule has 0 saturated heterocycles. The Balaban J connectivity index is 1.64. The van der Waals surface area contributed by atoms with Crippen molar-refractivity contribution in [2.24, 2.45) is 0 Å². The Morgan fingerprint density at radius 1 is 1.07 bits per heavy atom. The molecule has 8 nitrogen and oxygen atoms in total. The van der Waals surface area contributed by atoms with Crippen molar-refractivity contribution in [3.63, 3.8) is 0 Å². The molecule has 28 heavy (non-hydrogen) atoms. The summed E-state index contributed by atoms with van der Waals surface area (Å²) < 4.78 is 17.0. The molecule has 5 rings (SSSR count). The predicted molar refractivity (Wildman–Crippen MR) is 102 cm³/mol. The number of rotatable bonds is 4. The summed E-state index contributed by atoms with van der Waals surface area (Å²) in [6.45, 7) is 2.55. The molecule has 0 bridgehead atoms. The van der Waals surface area contributed by atoms with Gasteiger partial charge in [-0.1, -0.05) is 0 Å². The van der Waals surface area contributed by atoms with Crippen LogP contribution < -0.4 is 10.4 Å². The molecule has 0 aliphatic rings. The van der Waals surface area contributed by atoms with Crippen LogP contribution in [0.2, 0.25) is 0 Å². The van der Waals surface area contributed by atoms with Crippen LogP contribution in [0.25, 0.3) is 44.7 Å². The van der Waals surface area contributed by atoms with E-state index in [1.165, 1.54) is 0 Å². The van der Waals surface area contributed by atoms with Crippen LogP contribution in [0, 0.1) is 0 Å². The third-order valence-corrected chi connectivity index (χ3v) is 4.45. The number of tetrazole rings is 1. The van der Waals surface area contributed by atoms with E-state index in [9.17, 15) is 4.79 Å². The molecule has 5 aromatic rings. The van der Waals surface area contributed by atoms with Gasteiger partial charge in [0, 0.05) is 10.9 Å². The Hall–Kier alpha value is -3.94. The minimum Gasteiger partial charge on any atom is -0.494 e. The van der Waals surface area contributed by atoms with E-state index in [4.69, 9.17) is 13.6 Å². The Labute approximate surface area is 157 Å². The molecule has 2 aromatic carbocycles. The highest BCUT2D eigenvalue weighted by Gasteiger charge is 2.15. The average molecular weight is 374 g/mol. The zero-order valence-corrected chi connectivity index (χ0v) is 14.8. The van der Waals surface area contributed by atoms with Gasteiger partial charge in [0.2, 0.25) is 0 Å². The number of aromatic amines is 1. The number of nitrogens with zero attached hydrogens (tertiary/aromatic N) is 3. The molecule has 1 N–H and O–H groups in total. The van der Waals surface area contributed by atoms with Crippen molar-refractivity contribution in [2.45, 2.75) is 6.92 Å². The summed E-state index contributed by atoms with van der Waals surface area (Å²) in [5.41, 5.74) is 1.74. The quantitative estimate of drug-likeness (QED) is 0.477. The van der Waals surface area contributed by atoms with Gasteiger partial charge in [-0.2, -0.15) is 0 Å². The van der Waals surface area contributed by atoms with Crippen LogP contribution in [-0.4, -0.2) is 27.2 Å². The Kier molecular flexibility index (Phi) is 3.68. The van der Waals surface area contributed by atoms with Crippen LogP contribution in [0.15, 0.2) is 62.2 Å². The van der Waals surface area contributed by atoms with Gasteiger partial charge in [0.1, 0.15) is 28.2 Å². The smallest absolute Gasteiger partial charge is 0.347 e. The molecule has 138 valence electrons. The fraction of sp³-hybridized carbons (Fsp3) is 0.100. The monoisotopic (exact) mass is 374 g/mol. The van der Waals surface area contributed by atoms with Gasteiger partial charge in [-0.3, -0.25) is 0 Å². The first-order valence-corrected chi connectivity index (χ1v) is 8.70. The number of nitrogens with one attached hydrogen (secondary N) is 1. The maximum absolute atomic E-state index is 12.4. The van der Waals surface area contributed by atoms with E-state index in [1.54, 1.807) is 6.07 Å². The van der Waals surface area contributed by atoms with Gasteiger partial charge >= 0.3 is 5.63 Å². The lowest BCUT2D eigenvalue weighted by Crippen LogP contribution is -2.03. The minimum atomic E-state index is -0.526. The van der Waals surface area contributed by atoms with Gasteiger partial charge in [0.25, 0.3) is 0 Å². The lowest BCUT2D eigenvalue weighted by atomic mass is 10.1. The summed E-state index contributed by atoms with van der Waals surface area (Å²) in [5, 5.41) is 14.8. The molecule has 0 saturated carbocycles. The van der Waals surface area contributed by atoms with Crippen LogP contribution in [0.4, 0.5) is 0 Å². The summed E-state index contributed by atoms with van der Waals surface area (Å²) in [4.78, 5) is 12.4. The third-order valence-electron chi connectivity index (χ3n) is 4.45. The second kappa shape index (κ2) is 6.34. The van der Waals surface area contributed by atoms with E-state index in [-0.39, 0.29) is 11.4 Å². The molecule has 0 aliphatic heterocycles. The van der Waals surface area contributed by atoms with Gasteiger partial charge in [-0.15, -0.1) is 5.10 Å². The topological polar surface area (TPSA) is 107 Å². The second-order valence-electron chi connectivity index (χ2n) is 6.16. The standard InChI is InChI=1S/C20H14N4O4/c1-2-26-13-6-3-11(4-7-13)17-10-14-16(27-17)8-5-12-9-15(19-21-23-24-22-19)20(25)28-18(12)14/h3-10H,2H2,1H3,(H,21,22,23,24). The largest absolute Gasteiger partial charge is 0.494 e. The summed E-state index contributed by atoms with van der Waals surface area (Å²) in [6.07, 6.45) is 0. The molecule has 0 aliphatic carbocycles. The predicted octanol–water partition coefficient (Wildman–Crippen LogP) is 3.79. The number of hydrogen-bond acceptors (Lipinski definition) is 7. The Bertz CT molecular complexity index is 1330. The first-order valence-electron chi connectivity index (χ1n) is 8.70. The number of furan rings is 1. The van der Waals surface area contributed by atoms with Crippen molar-refractivity contribution in [3.05, 3.63) is 59.0 Å². The van der Waals surface area contributed by atoms with Crippen LogP contribution in [0.3, 0.4) is 0 Å². The molecular formula is C20H14N4O4. The highest BCUT2D eigenvalue weighted by Crippen LogP contribution is 2.33. The molecular weight excluding hydrogens is 360 g/mol. The maximum atomic E-state index is 12.4. The fourth-order valence-corrected chi connectivity index (χ4v) is 3.16. The molecule has 0 spiro atoms. The van der Waals surface area contributed by atoms with Crippen LogP contribution in [0.1, 0.15) is 6.92 Å². The van der Waals surface area contributed by atoms with Crippen molar-refractivity contribution in [2.75, 3.05) is 6.61 Å². The van der Waals surface area contributed by atoms with Crippen molar-refractivity contribution >= 4 is 21.9 Å². The highest BCUT2D eigenvalue weighted by molar-refractivity contribution is 6.04. The molecule has 3 aromatic heterocycles. The number of ether oxygens (including phenoxy) is 1. The van der Waals surface area contributed by atoms with Crippen LogP contribution >= 0.6 is 0 Å². The lowest BCUT2D eigenvalue weighted by molar-refractivity contribution is 0.340. The minimum absolute atomic E-state index is 0.262. The number of aromatic nitrogens is 4.